The molecule has 0 unspecified atom stereocenters. The highest BCUT2D eigenvalue weighted by molar-refractivity contribution is 6.11. The Morgan fingerprint density at radius 3 is 2.20 bits per heavy atom. The molecule has 0 aliphatic heterocycles. The van der Waals surface area contributed by atoms with Gasteiger partial charge in [0.15, 0.2) is 5.82 Å². The second-order valence-corrected chi connectivity index (χ2v) is 6.78. The number of carbonyl (C=O) groups excluding carboxylic acids is 1. The fraction of sp³-hybridized carbons (Fsp3) is 0.0417. The van der Waals surface area contributed by atoms with E-state index in [9.17, 15) is 4.79 Å². The van der Waals surface area contributed by atoms with Gasteiger partial charge in [-0.05, 0) is 36.8 Å². The predicted octanol–water partition coefficient (Wildman–Crippen LogP) is 5.46. The highest BCUT2D eigenvalue weighted by Gasteiger charge is 2.21. The topological polar surface area (TPSA) is 82.2 Å². The van der Waals surface area contributed by atoms with Crippen LogP contribution in [0.15, 0.2) is 89.9 Å². The number of rotatable bonds is 6. The van der Waals surface area contributed by atoms with E-state index in [2.05, 4.69) is 25.8 Å². The molecule has 0 aliphatic carbocycles. The molecule has 0 saturated carbocycles. The van der Waals surface area contributed by atoms with Gasteiger partial charge < -0.3 is 10.6 Å². The first-order valence-electron chi connectivity index (χ1n) is 9.56. The van der Waals surface area contributed by atoms with Crippen LogP contribution in [0.3, 0.4) is 0 Å². The number of hydrogen-bond acceptors (Lipinski definition) is 4. The van der Waals surface area contributed by atoms with Crippen molar-refractivity contribution >= 4 is 35.1 Å². The fourth-order valence-corrected chi connectivity index (χ4v) is 2.90. The number of hydrogen-bond donors (Lipinski definition) is 3. The average molecular weight is 395 g/mol. The van der Waals surface area contributed by atoms with Gasteiger partial charge in [-0.1, -0.05) is 66.2 Å². The van der Waals surface area contributed by atoms with Crippen LogP contribution >= 0.6 is 0 Å². The number of aliphatic imine (C=N–C) groups is 1. The monoisotopic (exact) mass is 395 g/mol. The number of anilines is 3. The predicted molar refractivity (Wildman–Crippen MR) is 121 cm³/mol. The van der Waals surface area contributed by atoms with Crippen molar-refractivity contribution in [3.05, 3.63) is 102 Å². The van der Waals surface area contributed by atoms with Gasteiger partial charge in [0.05, 0.1) is 0 Å². The minimum Gasteiger partial charge on any atom is -0.340 e. The number of aromatic nitrogens is 2. The second-order valence-electron chi connectivity index (χ2n) is 6.78. The van der Waals surface area contributed by atoms with E-state index in [0.717, 1.165) is 11.3 Å². The van der Waals surface area contributed by atoms with Crippen LogP contribution in [0.4, 0.5) is 23.0 Å². The van der Waals surface area contributed by atoms with Crippen molar-refractivity contribution in [2.75, 3.05) is 10.6 Å². The van der Waals surface area contributed by atoms with Crippen molar-refractivity contribution in [3.63, 3.8) is 0 Å². The molecule has 1 aromatic heterocycles. The summed E-state index contributed by atoms with van der Waals surface area (Å²) in [7, 11) is 0. The van der Waals surface area contributed by atoms with Gasteiger partial charge in [0, 0.05) is 17.6 Å². The molecule has 1 heterocycles. The summed E-state index contributed by atoms with van der Waals surface area (Å²) in [5, 5.41) is 13.3. The Hall–Kier alpha value is -4.19. The van der Waals surface area contributed by atoms with E-state index in [1.807, 2.05) is 91.9 Å². The summed E-state index contributed by atoms with van der Waals surface area (Å²) in [5.74, 6) is 0.484. The molecule has 0 bridgehead atoms. The Morgan fingerprint density at radius 1 is 0.900 bits per heavy atom. The number of aromatic amines is 1. The quantitative estimate of drug-likeness (QED) is 0.379. The Morgan fingerprint density at radius 2 is 1.53 bits per heavy atom. The number of H-pyrrole nitrogens is 1. The highest BCUT2D eigenvalue weighted by atomic mass is 16.1. The van der Waals surface area contributed by atoms with E-state index in [0.29, 0.717) is 22.9 Å². The van der Waals surface area contributed by atoms with Gasteiger partial charge in [-0.3, -0.25) is 9.89 Å². The van der Waals surface area contributed by atoms with E-state index >= 15 is 0 Å². The lowest BCUT2D eigenvalue weighted by molar-refractivity contribution is 0.102. The summed E-state index contributed by atoms with van der Waals surface area (Å²) in [6.45, 7) is 2.03. The zero-order valence-corrected chi connectivity index (χ0v) is 16.5. The zero-order valence-electron chi connectivity index (χ0n) is 16.5. The molecule has 4 rings (SSSR count). The van der Waals surface area contributed by atoms with Crippen LogP contribution in [-0.2, 0) is 0 Å². The number of carbonyl (C=O) groups is 1. The molecular weight excluding hydrogens is 374 g/mol. The lowest BCUT2D eigenvalue weighted by Gasteiger charge is -2.08. The molecule has 6 heteroatoms. The third-order valence-corrected chi connectivity index (χ3v) is 4.46. The van der Waals surface area contributed by atoms with Crippen LogP contribution in [0.1, 0.15) is 21.5 Å². The lowest BCUT2D eigenvalue weighted by atomic mass is 10.2. The first kappa shape index (κ1) is 19.1. The van der Waals surface area contributed by atoms with Crippen molar-refractivity contribution in [2.24, 2.45) is 4.99 Å². The van der Waals surface area contributed by atoms with Crippen LogP contribution < -0.4 is 10.6 Å². The van der Waals surface area contributed by atoms with Crippen molar-refractivity contribution in [1.82, 2.24) is 10.2 Å². The summed E-state index contributed by atoms with van der Waals surface area (Å²) in [4.78, 5) is 17.5. The zero-order chi connectivity index (χ0) is 20.8. The molecule has 4 aromatic rings. The number of benzene rings is 3. The lowest BCUT2D eigenvalue weighted by Crippen LogP contribution is -2.13. The van der Waals surface area contributed by atoms with Gasteiger partial charge in [-0.15, -0.1) is 0 Å². The maximum absolute atomic E-state index is 13.1. The molecule has 3 aromatic carbocycles. The Labute approximate surface area is 174 Å². The summed E-state index contributed by atoms with van der Waals surface area (Å²) in [6.07, 6.45) is 1.70. The molecule has 0 spiro atoms. The number of aryl methyl sites for hydroxylation is 1. The van der Waals surface area contributed by atoms with E-state index < -0.39 is 0 Å². The smallest absolute Gasteiger partial charge is 0.263 e. The Kier molecular flexibility index (Phi) is 5.66. The molecular formula is C24H21N5O. The SMILES string of the molecule is Cc1ccc(C=Nc2n[nH]c(Nc3ccccc3)c2C(=O)Nc2ccccc2)cc1. The van der Waals surface area contributed by atoms with Gasteiger partial charge in [-0.2, -0.15) is 5.10 Å². The average Bonchev–Trinajstić information content (AvgIpc) is 3.17. The molecule has 0 saturated heterocycles. The van der Waals surface area contributed by atoms with Gasteiger partial charge in [0.1, 0.15) is 11.4 Å². The number of nitrogens with zero attached hydrogens (tertiary/aromatic N) is 2. The normalized spacial score (nSPS) is 10.8. The molecule has 0 fully saturated rings. The van der Waals surface area contributed by atoms with Crippen molar-refractivity contribution < 1.29 is 4.79 Å². The molecule has 6 nitrogen and oxygen atoms in total. The summed E-state index contributed by atoms with van der Waals surface area (Å²) >= 11 is 0. The summed E-state index contributed by atoms with van der Waals surface area (Å²) < 4.78 is 0. The molecule has 1 amide bonds. The largest absolute Gasteiger partial charge is 0.340 e. The Bertz CT molecular complexity index is 1150. The number of para-hydroxylation sites is 2. The third kappa shape index (κ3) is 4.62. The van der Waals surface area contributed by atoms with Crippen LogP contribution in [0, 0.1) is 6.92 Å². The van der Waals surface area contributed by atoms with E-state index in [-0.39, 0.29) is 5.91 Å². The molecule has 30 heavy (non-hydrogen) atoms. The first-order chi connectivity index (χ1) is 14.7. The van der Waals surface area contributed by atoms with Gasteiger partial charge >= 0.3 is 0 Å². The van der Waals surface area contributed by atoms with Gasteiger partial charge in [0.25, 0.3) is 5.91 Å². The Balaban J connectivity index is 1.66. The van der Waals surface area contributed by atoms with Crippen LogP contribution in [-0.4, -0.2) is 22.3 Å². The fourth-order valence-electron chi connectivity index (χ4n) is 2.90. The standard InChI is InChI=1S/C24H21N5O/c1-17-12-14-18(15-13-17)16-25-22-21(24(30)27-20-10-6-3-7-11-20)23(29-28-22)26-19-8-4-2-5-9-19/h2-16H,1H3,(H,27,30)(H2,26,28,29). The minimum atomic E-state index is -0.301. The van der Waals surface area contributed by atoms with E-state index in [1.165, 1.54) is 5.56 Å². The van der Waals surface area contributed by atoms with Crippen LogP contribution in [0.5, 0.6) is 0 Å². The molecule has 0 atom stereocenters. The molecule has 148 valence electrons. The molecule has 3 N–H and O–H groups in total. The number of amides is 1. The minimum absolute atomic E-state index is 0.301. The summed E-state index contributed by atoms with van der Waals surface area (Å²) in [5.41, 5.74) is 3.97. The van der Waals surface area contributed by atoms with Crippen LogP contribution in [0.25, 0.3) is 0 Å². The maximum atomic E-state index is 13.1. The number of nitrogens with one attached hydrogen (secondary N) is 3. The first-order valence-corrected chi connectivity index (χ1v) is 9.56. The maximum Gasteiger partial charge on any atom is 0.263 e. The van der Waals surface area contributed by atoms with Gasteiger partial charge in [-0.25, -0.2) is 4.99 Å². The second kappa shape index (κ2) is 8.87. The molecule has 0 aliphatic rings. The van der Waals surface area contributed by atoms with Crippen LogP contribution in [0.2, 0.25) is 0 Å². The highest BCUT2D eigenvalue weighted by Crippen LogP contribution is 2.27. The van der Waals surface area contributed by atoms with Crippen molar-refractivity contribution in [2.45, 2.75) is 6.92 Å². The molecule has 0 radical (unpaired) electrons. The third-order valence-electron chi connectivity index (χ3n) is 4.46. The van der Waals surface area contributed by atoms with Gasteiger partial charge in [0.2, 0.25) is 0 Å². The van der Waals surface area contributed by atoms with Crippen molar-refractivity contribution in [3.8, 4) is 0 Å². The van der Waals surface area contributed by atoms with E-state index in [1.54, 1.807) is 6.21 Å². The van der Waals surface area contributed by atoms with Crippen molar-refractivity contribution in [1.29, 1.82) is 0 Å². The van der Waals surface area contributed by atoms with E-state index in [4.69, 9.17) is 0 Å². The summed E-state index contributed by atoms with van der Waals surface area (Å²) in [6, 6.07) is 26.8.